The number of rotatable bonds is 5. The molecule has 1 heterocycles. The van der Waals surface area contributed by atoms with Gasteiger partial charge in [-0.1, -0.05) is 32.4 Å². The molecule has 1 aromatic carbocycles. The predicted octanol–water partition coefficient (Wildman–Crippen LogP) is 3.94. The maximum absolute atomic E-state index is 14.0. The van der Waals surface area contributed by atoms with E-state index in [1.165, 1.54) is 0 Å². The minimum absolute atomic E-state index is 0.229. The molecule has 2 aromatic rings. The zero-order chi connectivity index (χ0) is 13.1. The molecule has 3 heteroatoms. The second kappa shape index (κ2) is 5.53. The number of halogens is 1. The van der Waals surface area contributed by atoms with E-state index in [-0.39, 0.29) is 5.82 Å². The van der Waals surface area contributed by atoms with E-state index < -0.39 is 0 Å². The minimum atomic E-state index is -0.229. The van der Waals surface area contributed by atoms with E-state index in [2.05, 4.69) is 12.2 Å². The van der Waals surface area contributed by atoms with Crippen molar-refractivity contribution in [3.05, 3.63) is 34.8 Å². The van der Waals surface area contributed by atoms with Crippen LogP contribution < -0.4 is 5.32 Å². The van der Waals surface area contributed by atoms with Crippen LogP contribution in [0.3, 0.4) is 0 Å². The molecule has 0 saturated carbocycles. The molecule has 0 atom stereocenters. The monoisotopic (exact) mass is 249 g/mol. The zero-order valence-corrected chi connectivity index (χ0v) is 11.3. The fourth-order valence-electron chi connectivity index (χ4n) is 2.23. The highest BCUT2D eigenvalue weighted by Crippen LogP contribution is 2.30. The standard InChI is InChI=1S/C15H20FNO/c1-4-6-11-12-8-7-10(3)14(16)15(12)18-13(11)9-17-5-2/h7-8,17H,4-6,9H2,1-3H3. The van der Waals surface area contributed by atoms with Crippen LogP contribution in [0.2, 0.25) is 0 Å². The summed E-state index contributed by atoms with van der Waals surface area (Å²) in [5.74, 6) is 0.644. The SMILES string of the molecule is CCCc1c(CNCC)oc2c(F)c(C)ccc12. The van der Waals surface area contributed by atoms with Gasteiger partial charge in [0.1, 0.15) is 5.76 Å². The summed E-state index contributed by atoms with van der Waals surface area (Å²) in [5, 5.41) is 4.17. The largest absolute Gasteiger partial charge is 0.456 e. The van der Waals surface area contributed by atoms with Crippen molar-refractivity contribution < 1.29 is 8.81 Å². The lowest BCUT2D eigenvalue weighted by molar-refractivity contribution is 0.493. The van der Waals surface area contributed by atoms with E-state index in [0.717, 1.165) is 36.1 Å². The van der Waals surface area contributed by atoms with Crippen molar-refractivity contribution in [2.24, 2.45) is 0 Å². The van der Waals surface area contributed by atoms with Crippen molar-refractivity contribution in [3.63, 3.8) is 0 Å². The van der Waals surface area contributed by atoms with Gasteiger partial charge >= 0.3 is 0 Å². The Morgan fingerprint density at radius 2 is 2.06 bits per heavy atom. The van der Waals surface area contributed by atoms with Gasteiger partial charge in [-0.2, -0.15) is 0 Å². The zero-order valence-electron chi connectivity index (χ0n) is 11.3. The van der Waals surface area contributed by atoms with Crippen molar-refractivity contribution in [1.82, 2.24) is 5.32 Å². The Kier molecular flexibility index (Phi) is 4.02. The van der Waals surface area contributed by atoms with Crippen LogP contribution in [0.25, 0.3) is 11.0 Å². The fourth-order valence-corrected chi connectivity index (χ4v) is 2.23. The first-order valence-corrected chi connectivity index (χ1v) is 6.59. The van der Waals surface area contributed by atoms with E-state index in [9.17, 15) is 4.39 Å². The highest BCUT2D eigenvalue weighted by molar-refractivity contribution is 5.83. The normalized spacial score (nSPS) is 11.3. The Bertz CT molecular complexity index is 545. The van der Waals surface area contributed by atoms with Crippen LogP contribution in [0.15, 0.2) is 16.5 Å². The molecule has 18 heavy (non-hydrogen) atoms. The quantitative estimate of drug-likeness (QED) is 0.868. The molecule has 2 nitrogen and oxygen atoms in total. The third kappa shape index (κ3) is 2.27. The number of benzene rings is 1. The Labute approximate surface area is 107 Å². The highest BCUT2D eigenvalue weighted by atomic mass is 19.1. The summed E-state index contributed by atoms with van der Waals surface area (Å²) in [6.07, 6.45) is 1.96. The summed E-state index contributed by atoms with van der Waals surface area (Å²) in [5.41, 5.74) is 2.19. The first-order chi connectivity index (χ1) is 8.69. The van der Waals surface area contributed by atoms with Crippen LogP contribution in [0.5, 0.6) is 0 Å². The van der Waals surface area contributed by atoms with Crippen molar-refractivity contribution in [2.45, 2.75) is 40.2 Å². The smallest absolute Gasteiger partial charge is 0.170 e. The van der Waals surface area contributed by atoms with Crippen LogP contribution in [-0.4, -0.2) is 6.54 Å². The number of furan rings is 1. The van der Waals surface area contributed by atoms with Gasteiger partial charge in [0.15, 0.2) is 11.4 Å². The van der Waals surface area contributed by atoms with Gasteiger partial charge in [0, 0.05) is 10.9 Å². The molecule has 0 aliphatic heterocycles. The van der Waals surface area contributed by atoms with Gasteiger partial charge in [-0.3, -0.25) is 0 Å². The van der Waals surface area contributed by atoms with Crippen molar-refractivity contribution in [3.8, 4) is 0 Å². The number of aryl methyl sites for hydroxylation is 2. The molecule has 0 aliphatic carbocycles. The van der Waals surface area contributed by atoms with Crippen molar-refractivity contribution in [1.29, 1.82) is 0 Å². The summed E-state index contributed by atoms with van der Waals surface area (Å²) in [6, 6.07) is 3.79. The fraction of sp³-hybridized carbons (Fsp3) is 0.467. The maximum Gasteiger partial charge on any atom is 0.170 e. The van der Waals surface area contributed by atoms with E-state index in [1.54, 1.807) is 6.92 Å². The number of hydrogen-bond donors (Lipinski definition) is 1. The summed E-state index contributed by atoms with van der Waals surface area (Å²) < 4.78 is 19.8. The third-order valence-corrected chi connectivity index (χ3v) is 3.21. The lowest BCUT2D eigenvalue weighted by atomic mass is 10.0. The van der Waals surface area contributed by atoms with Crippen LogP contribution >= 0.6 is 0 Å². The molecular formula is C15H20FNO. The van der Waals surface area contributed by atoms with E-state index >= 15 is 0 Å². The van der Waals surface area contributed by atoms with Crippen LogP contribution in [0.1, 0.15) is 37.2 Å². The molecule has 1 N–H and O–H groups in total. The molecule has 0 unspecified atom stereocenters. The van der Waals surface area contributed by atoms with Crippen molar-refractivity contribution >= 4 is 11.0 Å². The lowest BCUT2D eigenvalue weighted by Crippen LogP contribution is -2.12. The second-order valence-electron chi connectivity index (χ2n) is 4.61. The first-order valence-electron chi connectivity index (χ1n) is 6.59. The molecule has 98 valence electrons. The van der Waals surface area contributed by atoms with E-state index in [1.807, 2.05) is 19.1 Å². The summed E-state index contributed by atoms with van der Waals surface area (Å²) >= 11 is 0. The molecule has 2 rings (SSSR count). The topological polar surface area (TPSA) is 25.2 Å². The Hall–Kier alpha value is -1.35. The first kappa shape index (κ1) is 13.1. The summed E-state index contributed by atoms with van der Waals surface area (Å²) in [4.78, 5) is 0. The van der Waals surface area contributed by atoms with Gasteiger partial charge in [0.25, 0.3) is 0 Å². The van der Waals surface area contributed by atoms with Gasteiger partial charge in [0.2, 0.25) is 0 Å². The van der Waals surface area contributed by atoms with Crippen LogP contribution in [-0.2, 0) is 13.0 Å². The van der Waals surface area contributed by atoms with Crippen LogP contribution in [0.4, 0.5) is 4.39 Å². The average Bonchev–Trinajstić information content (AvgIpc) is 2.71. The average molecular weight is 249 g/mol. The predicted molar refractivity (Wildman–Crippen MR) is 72.3 cm³/mol. The van der Waals surface area contributed by atoms with Gasteiger partial charge in [-0.15, -0.1) is 0 Å². The summed E-state index contributed by atoms with van der Waals surface area (Å²) in [6.45, 7) is 7.48. The van der Waals surface area contributed by atoms with E-state index in [4.69, 9.17) is 4.42 Å². The van der Waals surface area contributed by atoms with Gasteiger partial charge in [-0.25, -0.2) is 4.39 Å². The molecule has 1 aromatic heterocycles. The second-order valence-corrected chi connectivity index (χ2v) is 4.61. The molecule has 0 radical (unpaired) electrons. The molecule has 0 aliphatic rings. The van der Waals surface area contributed by atoms with Crippen LogP contribution in [0, 0.1) is 12.7 Å². The Morgan fingerprint density at radius 1 is 1.28 bits per heavy atom. The molecular weight excluding hydrogens is 229 g/mol. The van der Waals surface area contributed by atoms with E-state index in [0.29, 0.717) is 17.7 Å². The minimum Gasteiger partial charge on any atom is -0.456 e. The third-order valence-electron chi connectivity index (χ3n) is 3.21. The van der Waals surface area contributed by atoms with Gasteiger partial charge in [0.05, 0.1) is 6.54 Å². The lowest BCUT2D eigenvalue weighted by Gasteiger charge is -2.01. The highest BCUT2D eigenvalue weighted by Gasteiger charge is 2.17. The molecule has 0 bridgehead atoms. The molecule has 0 fully saturated rings. The van der Waals surface area contributed by atoms with Gasteiger partial charge in [-0.05, 0) is 25.5 Å². The number of nitrogens with one attached hydrogen (secondary N) is 1. The number of fused-ring (bicyclic) bond motifs is 1. The molecule has 0 spiro atoms. The Balaban J connectivity index is 2.55. The molecule has 0 saturated heterocycles. The maximum atomic E-state index is 14.0. The molecule has 0 amide bonds. The van der Waals surface area contributed by atoms with Crippen molar-refractivity contribution in [2.75, 3.05) is 6.54 Å². The number of hydrogen-bond acceptors (Lipinski definition) is 2. The van der Waals surface area contributed by atoms with Gasteiger partial charge < -0.3 is 9.73 Å². The summed E-state index contributed by atoms with van der Waals surface area (Å²) in [7, 11) is 0. The Morgan fingerprint density at radius 3 is 2.72 bits per heavy atom.